The minimum absolute atomic E-state index is 0.0247. The molecule has 0 fully saturated rings. The van der Waals surface area contributed by atoms with Gasteiger partial charge >= 0.3 is 22.3 Å². The molecule has 2 N–H and O–H groups in total. The van der Waals surface area contributed by atoms with Crippen LogP contribution in [0.2, 0.25) is 0 Å². The molecular formula is C12H16N2O6S. The number of nitrogens with zero attached hydrogens (tertiary/aromatic N) is 1. The van der Waals surface area contributed by atoms with Gasteiger partial charge in [-0.2, -0.15) is 8.42 Å². The zero-order chi connectivity index (χ0) is 16.2. The molecule has 0 bridgehead atoms. The molecule has 1 aromatic carbocycles. The third-order valence-electron chi connectivity index (χ3n) is 2.39. The molecule has 0 spiro atoms. The number of aromatic carboxylic acids is 1. The van der Waals surface area contributed by atoms with Crippen LogP contribution in [0.25, 0.3) is 0 Å². The average Bonchev–Trinajstić information content (AvgIpc) is 2.36. The first kappa shape index (κ1) is 16.8. The number of ether oxygens (including phenoxy) is 1. The van der Waals surface area contributed by atoms with Crippen molar-refractivity contribution in [3.05, 3.63) is 29.8 Å². The first-order valence-corrected chi connectivity index (χ1v) is 7.38. The Bertz CT molecular complexity index is 624. The third-order valence-corrected chi connectivity index (χ3v) is 3.75. The average molecular weight is 316 g/mol. The lowest BCUT2D eigenvalue weighted by atomic mass is 10.2. The number of carbonyl (C=O) groups is 2. The summed E-state index contributed by atoms with van der Waals surface area (Å²) in [6, 6.07) is 5.15. The zero-order valence-electron chi connectivity index (χ0n) is 11.7. The van der Waals surface area contributed by atoms with Crippen LogP contribution >= 0.6 is 0 Å². The largest absolute Gasteiger partial charge is 0.478 e. The summed E-state index contributed by atoms with van der Waals surface area (Å²) < 4.78 is 31.1. The number of hydrogen-bond acceptors (Lipinski definition) is 5. The van der Waals surface area contributed by atoms with Crippen LogP contribution in [0.15, 0.2) is 24.3 Å². The quantitative estimate of drug-likeness (QED) is 0.844. The lowest BCUT2D eigenvalue weighted by Crippen LogP contribution is -2.42. The van der Waals surface area contributed by atoms with Crippen molar-refractivity contribution < 1.29 is 27.9 Å². The maximum Gasteiger partial charge on any atom is 0.422 e. The van der Waals surface area contributed by atoms with Crippen LogP contribution in [0.4, 0.5) is 10.5 Å². The Balaban J connectivity index is 2.88. The summed E-state index contributed by atoms with van der Waals surface area (Å²) in [7, 11) is -2.91. The molecule has 21 heavy (non-hydrogen) atoms. The molecule has 0 saturated carbocycles. The van der Waals surface area contributed by atoms with Crippen molar-refractivity contribution in [2.45, 2.75) is 20.0 Å². The summed E-state index contributed by atoms with van der Waals surface area (Å²) in [4.78, 5) is 22.1. The van der Waals surface area contributed by atoms with Gasteiger partial charge in [0.1, 0.15) is 0 Å². The van der Waals surface area contributed by atoms with Crippen LogP contribution in [0.5, 0.6) is 0 Å². The van der Waals surface area contributed by atoms with Crippen LogP contribution in [-0.2, 0) is 14.9 Å². The number of rotatable bonds is 5. The second-order valence-corrected chi connectivity index (χ2v) is 6.08. The van der Waals surface area contributed by atoms with Gasteiger partial charge in [0.05, 0.1) is 17.4 Å². The molecule has 0 aliphatic rings. The lowest BCUT2D eigenvalue weighted by Gasteiger charge is -2.20. The van der Waals surface area contributed by atoms with E-state index in [0.29, 0.717) is 0 Å². The number of amides is 1. The third kappa shape index (κ3) is 4.63. The van der Waals surface area contributed by atoms with Gasteiger partial charge in [-0.05, 0) is 38.1 Å². The van der Waals surface area contributed by atoms with E-state index in [-0.39, 0.29) is 11.3 Å². The van der Waals surface area contributed by atoms with Gasteiger partial charge < -0.3 is 9.84 Å². The fourth-order valence-electron chi connectivity index (χ4n) is 1.36. The molecule has 1 aromatic rings. The summed E-state index contributed by atoms with van der Waals surface area (Å²) in [5, 5.41) is 8.77. The van der Waals surface area contributed by atoms with Gasteiger partial charge in [-0.1, -0.05) is 0 Å². The van der Waals surface area contributed by atoms with Crippen LogP contribution in [0.1, 0.15) is 24.2 Å². The maximum atomic E-state index is 11.9. The van der Waals surface area contributed by atoms with E-state index < -0.39 is 28.4 Å². The highest BCUT2D eigenvalue weighted by atomic mass is 32.2. The number of benzene rings is 1. The maximum absolute atomic E-state index is 11.9. The van der Waals surface area contributed by atoms with Crippen molar-refractivity contribution in [1.29, 1.82) is 0 Å². The molecule has 0 radical (unpaired) electrons. The van der Waals surface area contributed by atoms with Gasteiger partial charge in [0.25, 0.3) is 0 Å². The van der Waals surface area contributed by atoms with Gasteiger partial charge in [-0.3, -0.25) is 4.31 Å². The molecule has 0 aliphatic heterocycles. The summed E-state index contributed by atoms with van der Waals surface area (Å²) in [5.41, 5.74) is 0.224. The fraction of sp³-hybridized carbons (Fsp3) is 0.333. The highest BCUT2D eigenvalue weighted by molar-refractivity contribution is 7.91. The zero-order valence-corrected chi connectivity index (χ0v) is 12.5. The minimum atomic E-state index is -4.13. The number of hydrogen-bond donors (Lipinski definition) is 2. The predicted molar refractivity (Wildman–Crippen MR) is 75.5 cm³/mol. The number of nitrogens with one attached hydrogen (secondary N) is 1. The molecule has 0 atom stereocenters. The first-order chi connectivity index (χ1) is 9.63. The van der Waals surface area contributed by atoms with Crippen molar-refractivity contribution in [3.63, 3.8) is 0 Å². The molecule has 1 amide bonds. The number of anilines is 1. The predicted octanol–water partition coefficient (Wildman–Crippen LogP) is 1.20. The molecular weight excluding hydrogens is 300 g/mol. The van der Waals surface area contributed by atoms with Gasteiger partial charge in [0, 0.05) is 7.05 Å². The van der Waals surface area contributed by atoms with Crippen molar-refractivity contribution in [2.75, 3.05) is 11.4 Å². The summed E-state index contributed by atoms with van der Waals surface area (Å²) in [6.07, 6.45) is -1.54. The van der Waals surface area contributed by atoms with E-state index in [2.05, 4.69) is 4.74 Å². The van der Waals surface area contributed by atoms with Gasteiger partial charge in [0.15, 0.2) is 0 Å². The van der Waals surface area contributed by atoms with Crippen molar-refractivity contribution >= 4 is 28.0 Å². The Morgan fingerprint density at radius 1 is 1.24 bits per heavy atom. The van der Waals surface area contributed by atoms with E-state index in [1.54, 1.807) is 18.6 Å². The van der Waals surface area contributed by atoms with E-state index in [9.17, 15) is 18.0 Å². The van der Waals surface area contributed by atoms with Crippen LogP contribution in [0.3, 0.4) is 0 Å². The number of carboxylic acid groups (broad SMARTS) is 1. The van der Waals surface area contributed by atoms with E-state index in [4.69, 9.17) is 5.11 Å². The Hall–Kier alpha value is -2.29. The second kappa shape index (κ2) is 6.44. The van der Waals surface area contributed by atoms with Crippen LogP contribution in [0, 0.1) is 0 Å². The van der Waals surface area contributed by atoms with Gasteiger partial charge in [-0.25, -0.2) is 14.3 Å². The van der Waals surface area contributed by atoms with Crippen molar-refractivity contribution in [3.8, 4) is 0 Å². The van der Waals surface area contributed by atoms with E-state index >= 15 is 0 Å². The molecule has 8 nitrogen and oxygen atoms in total. The Morgan fingerprint density at radius 2 is 1.76 bits per heavy atom. The Morgan fingerprint density at radius 3 is 2.19 bits per heavy atom. The first-order valence-electron chi connectivity index (χ1n) is 5.94. The molecule has 9 heteroatoms. The molecule has 116 valence electrons. The highest BCUT2D eigenvalue weighted by Crippen LogP contribution is 2.16. The monoisotopic (exact) mass is 316 g/mol. The van der Waals surface area contributed by atoms with Gasteiger partial charge in [-0.15, -0.1) is 0 Å². The SMILES string of the molecule is CC(C)OC(=O)NS(=O)(=O)N(C)c1ccc(C(=O)O)cc1. The minimum Gasteiger partial charge on any atom is -0.478 e. The molecule has 1 rings (SSSR count). The topological polar surface area (TPSA) is 113 Å². The van der Waals surface area contributed by atoms with Gasteiger partial charge in [0.2, 0.25) is 0 Å². The smallest absolute Gasteiger partial charge is 0.422 e. The van der Waals surface area contributed by atoms with E-state index in [1.165, 1.54) is 31.3 Å². The number of carbonyl (C=O) groups excluding carboxylic acids is 1. The standard InChI is InChI=1S/C12H16N2O6S/c1-8(2)20-12(17)13-21(18,19)14(3)10-6-4-9(5-7-10)11(15)16/h4-8H,1-3H3,(H,13,17)(H,15,16). The molecule has 0 unspecified atom stereocenters. The fourth-order valence-corrected chi connectivity index (χ4v) is 2.16. The van der Waals surface area contributed by atoms with Crippen molar-refractivity contribution in [2.24, 2.45) is 0 Å². The Kier molecular flexibility index (Phi) is 5.14. The number of carboxylic acids is 1. The molecule has 0 aromatic heterocycles. The van der Waals surface area contributed by atoms with E-state index in [1.807, 2.05) is 0 Å². The summed E-state index contributed by atoms with van der Waals surface area (Å²) >= 11 is 0. The Labute approximate surface area is 122 Å². The highest BCUT2D eigenvalue weighted by Gasteiger charge is 2.22. The van der Waals surface area contributed by atoms with E-state index in [0.717, 1.165) is 4.31 Å². The van der Waals surface area contributed by atoms with Crippen LogP contribution < -0.4 is 9.03 Å². The lowest BCUT2D eigenvalue weighted by molar-refractivity contribution is 0.0696. The van der Waals surface area contributed by atoms with Crippen molar-refractivity contribution in [1.82, 2.24) is 4.72 Å². The summed E-state index contributed by atoms with van der Waals surface area (Å²) in [5.74, 6) is -1.12. The molecule has 0 heterocycles. The molecule has 0 aliphatic carbocycles. The second-order valence-electron chi connectivity index (χ2n) is 4.38. The molecule has 0 saturated heterocycles. The normalized spacial score (nSPS) is 11.0. The van der Waals surface area contributed by atoms with Crippen LogP contribution in [-0.4, -0.2) is 38.7 Å². The summed E-state index contributed by atoms with van der Waals surface area (Å²) in [6.45, 7) is 3.17.